The molecule has 0 radical (unpaired) electrons. The van der Waals surface area contributed by atoms with E-state index in [9.17, 15) is 13.2 Å². The number of carbonyl (C=O) groups is 1. The standard InChI is InChI=1S/C12H23N3O3S/c16-12(11-2-9-19(17,18)10-11)14-3-1-6-15-7-4-13-5-8-15/h11,13H,1-10H2,(H,14,16). The van der Waals surface area contributed by atoms with Crippen LogP contribution >= 0.6 is 0 Å². The Labute approximate surface area is 114 Å². The number of amides is 1. The van der Waals surface area contributed by atoms with Gasteiger partial charge in [0.05, 0.1) is 17.4 Å². The van der Waals surface area contributed by atoms with E-state index in [1.807, 2.05) is 0 Å². The molecule has 7 heteroatoms. The predicted molar refractivity (Wildman–Crippen MR) is 73.7 cm³/mol. The molecule has 2 rings (SSSR count). The Balaban J connectivity index is 1.59. The van der Waals surface area contributed by atoms with Gasteiger partial charge >= 0.3 is 0 Å². The van der Waals surface area contributed by atoms with Crippen LogP contribution in [0.1, 0.15) is 12.8 Å². The van der Waals surface area contributed by atoms with E-state index in [1.165, 1.54) is 0 Å². The van der Waals surface area contributed by atoms with Crippen LogP contribution in [0.3, 0.4) is 0 Å². The highest BCUT2D eigenvalue weighted by atomic mass is 32.2. The third-order valence-corrected chi connectivity index (χ3v) is 5.53. The SMILES string of the molecule is O=C(NCCCN1CCNCC1)C1CCS(=O)(=O)C1. The van der Waals surface area contributed by atoms with E-state index in [-0.39, 0.29) is 23.3 Å². The Kier molecular flexibility index (Phi) is 5.18. The summed E-state index contributed by atoms with van der Waals surface area (Å²) in [7, 11) is -2.96. The number of hydrogen-bond donors (Lipinski definition) is 2. The number of nitrogens with zero attached hydrogens (tertiary/aromatic N) is 1. The maximum absolute atomic E-state index is 11.8. The Hall–Kier alpha value is -0.660. The highest BCUT2D eigenvalue weighted by Crippen LogP contribution is 2.18. The summed E-state index contributed by atoms with van der Waals surface area (Å²) in [5.74, 6) is -0.242. The minimum absolute atomic E-state index is 0.0244. The van der Waals surface area contributed by atoms with Crippen LogP contribution in [0.5, 0.6) is 0 Å². The normalized spacial score (nSPS) is 27.3. The smallest absolute Gasteiger partial charge is 0.224 e. The zero-order valence-corrected chi connectivity index (χ0v) is 12.0. The topological polar surface area (TPSA) is 78.5 Å². The van der Waals surface area contributed by atoms with E-state index in [0.29, 0.717) is 13.0 Å². The molecule has 1 amide bonds. The van der Waals surface area contributed by atoms with Crippen LogP contribution in [0.15, 0.2) is 0 Å². The average Bonchev–Trinajstić information content (AvgIpc) is 2.76. The second-order valence-electron chi connectivity index (χ2n) is 5.34. The number of nitrogens with one attached hydrogen (secondary N) is 2. The van der Waals surface area contributed by atoms with E-state index < -0.39 is 9.84 Å². The molecule has 0 aromatic heterocycles. The van der Waals surface area contributed by atoms with Crippen LogP contribution in [0.2, 0.25) is 0 Å². The molecule has 2 aliphatic rings. The molecule has 19 heavy (non-hydrogen) atoms. The van der Waals surface area contributed by atoms with Crippen LogP contribution in [0.4, 0.5) is 0 Å². The van der Waals surface area contributed by atoms with Gasteiger partial charge in [0.2, 0.25) is 5.91 Å². The summed E-state index contributed by atoms with van der Waals surface area (Å²) in [6.07, 6.45) is 1.40. The number of hydrogen-bond acceptors (Lipinski definition) is 5. The van der Waals surface area contributed by atoms with Gasteiger partial charge in [-0.05, 0) is 19.4 Å². The first-order valence-corrected chi connectivity index (χ1v) is 8.80. The molecule has 0 aromatic carbocycles. The van der Waals surface area contributed by atoms with Gasteiger partial charge in [-0.3, -0.25) is 4.79 Å². The van der Waals surface area contributed by atoms with Crippen LogP contribution < -0.4 is 10.6 Å². The van der Waals surface area contributed by atoms with Crippen LogP contribution in [0, 0.1) is 5.92 Å². The summed E-state index contributed by atoms with van der Waals surface area (Å²) in [6, 6.07) is 0. The molecule has 2 heterocycles. The lowest BCUT2D eigenvalue weighted by atomic mass is 10.1. The van der Waals surface area contributed by atoms with Crippen molar-refractivity contribution in [1.29, 1.82) is 0 Å². The van der Waals surface area contributed by atoms with E-state index in [2.05, 4.69) is 15.5 Å². The molecule has 0 saturated carbocycles. The molecule has 1 unspecified atom stereocenters. The maximum atomic E-state index is 11.8. The molecular weight excluding hydrogens is 266 g/mol. The molecular formula is C12H23N3O3S. The van der Waals surface area contributed by atoms with Gasteiger partial charge in [0.15, 0.2) is 9.84 Å². The van der Waals surface area contributed by atoms with Gasteiger partial charge in [-0.25, -0.2) is 8.42 Å². The fraction of sp³-hybridized carbons (Fsp3) is 0.917. The molecule has 1 atom stereocenters. The van der Waals surface area contributed by atoms with Crippen LogP contribution in [-0.4, -0.2) is 70.0 Å². The third kappa shape index (κ3) is 4.74. The van der Waals surface area contributed by atoms with Crippen molar-refractivity contribution < 1.29 is 13.2 Å². The van der Waals surface area contributed by atoms with Crippen LogP contribution in [-0.2, 0) is 14.6 Å². The van der Waals surface area contributed by atoms with E-state index in [1.54, 1.807) is 0 Å². The molecule has 2 aliphatic heterocycles. The van der Waals surface area contributed by atoms with E-state index in [4.69, 9.17) is 0 Å². The summed E-state index contributed by atoms with van der Waals surface area (Å²) in [4.78, 5) is 14.2. The molecule has 0 spiro atoms. The first-order valence-electron chi connectivity index (χ1n) is 6.98. The minimum Gasteiger partial charge on any atom is -0.356 e. The molecule has 0 bridgehead atoms. The minimum atomic E-state index is -2.96. The summed E-state index contributed by atoms with van der Waals surface area (Å²) in [5, 5.41) is 6.16. The lowest BCUT2D eigenvalue weighted by molar-refractivity contribution is -0.124. The Bertz CT molecular complexity index is 404. The van der Waals surface area contributed by atoms with Gasteiger partial charge in [-0.15, -0.1) is 0 Å². The lowest BCUT2D eigenvalue weighted by Crippen LogP contribution is -2.44. The maximum Gasteiger partial charge on any atom is 0.224 e. The summed E-state index contributed by atoms with van der Waals surface area (Å²) in [6.45, 7) is 5.83. The average molecular weight is 289 g/mol. The van der Waals surface area contributed by atoms with Crippen molar-refractivity contribution in [3.63, 3.8) is 0 Å². The largest absolute Gasteiger partial charge is 0.356 e. The van der Waals surface area contributed by atoms with Gasteiger partial charge in [-0.2, -0.15) is 0 Å². The molecule has 2 N–H and O–H groups in total. The zero-order chi connectivity index (χ0) is 13.7. The van der Waals surface area contributed by atoms with Gasteiger partial charge in [0.25, 0.3) is 0 Å². The second-order valence-corrected chi connectivity index (χ2v) is 7.56. The summed E-state index contributed by atoms with van der Waals surface area (Å²) < 4.78 is 22.6. The number of sulfone groups is 1. The molecule has 110 valence electrons. The molecule has 2 fully saturated rings. The Morgan fingerprint density at radius 3 is 2.68 bits per heavy atom. The first kappa shape index (κ1) is 14.7. The number of piperazine rings is 1. The Morgan fingerprint density at radius 1 is 1.32 bits per heavy atom. The monoisotopic (exact) mass is 289 g/mol. The van der Waals surface area contributed by atoms with Crippen molar-refractivity contribution in [1.82, 2.24) is 15.5 Å². The van der Waals surface area contributed by atoms with Crippen molar-refractivity contribution in [2.24, 2.45) is 5.92 Å². The fourth-order valence-corrected chi connectivity index (χ4v) is 4.34. The lowest BCUT2D eigenvalue weighted by Gasteiger charge is -2.27. The first-order chi connectivity index (χ1) is 9.07. The van der Waals surface area contributed by atoms with Crippen molar-refractivity contribution in [2.75, 3.05) is 50.8 Å². The van der Waals surface area contributed by atoms with E-state index >= 15 is 0 Å². The van der Waals surface area contributed by atoms with E-state index in [0.717, 1.165) is 39.1 Å². The molecule has 6 nitrogen and oxygen atoms in total. The van der Waals surface area contributed by atoms with Gasteiger partial charge in [-0.1, -0.05) is 0 Å². The van der Waals surface area contributed by atoms with Crippen molar-refractivity contribution in [3.8, 4) is 0 Å². The number of carbonyl (C=O) groups excluding carboxylic acids is 1. The zero-order valence-electron chi connectivity index (χ0n) is 11.2. The van der Waals surface area contributed by atoms with Crippen molar-refractivity contribution in [3.05, 3.63) is 0 Å². The number of rotatable bonds is 5. The van der Waals surface area contributed by atoms with Gasteiger partial charge < -0.3 is 15.5 Å². The second kappa shape index (κ2) is 6.67. The van der Waals surface area contributed by atoms with Gasteiger partial charge in [0.1, 0.15) is 0 Å². The van der Waals surface area contributed by atoms with Gasteiger partial charge in [0, 0.05) is 32.7 Å². The molecule has 2 saturated heterocycles. The Morgan fingerprint density at radius 2 is 2.05 bits per heavy atom. The quantitative estimate of drug-likeness (QED) is 0.624. The molecule has 0 aromatic rings. The highest BCUT2D eigenvalue weighted by Gasteiger charge is 2.32. The predicted octanol–water partition coefficient (Wildman–Crippen LogP) is -1.17. The summed E-state index contributed by atoms with van der Waals surface area (Å²) >= 11 is 0. The fourth-order valence-electron chi connectivity index (χ4n) is 2.60. The van der Waals surface area contributed by atoms with Crippen molar-refractivity contribution in [2.45, 2.75) is 12.8 Å². The van der Waals surface area contributed by atoms with Crippen LogP contribution in [0.25, 0.3) is 0 Å². The molecule has 0 aliphatic carbocycles. The third-order valence-electron chi connectivity index (χ3n) is 3.76. The highest BCUT2D eigenvalue weighted by molar-refractivity contribution is 7.91. The summed E-state index contributed by atoms with van der Waals surface area (Å²) in [5.41, 5.74) is 0. The van der Waals surface area contributed by atoms with Crippen molar-refractivity contribution >= 4 is 15.7 Å².